The highest BCUT2D eigenvalue weighted by Crippen LogP contribution is 2.27. The molecule has 1 heterocycles. The first-order valence-corrected chi connectivity index (χ1v) is 7.43. The highest BCUT2D eigenvalue weighted by molar-refractivity contribution is 7.07. The number of carbonyl (C=O) groups is 1. The summed E-state index contributed by atoms with van der Waals surface area (Å²) in [5.41, 5.74) is 1.68. The maximum absolute atomic E-state index is 11.0. The van der Waals surface area contributed by atoms with Gasteiger partial charge in [0.25, 0.3) is 5.19 Å². The zero-order valence-electron chi connectivity index (χ0n) is 11.8. The monoisotopic (exact) mass is 311 g/mol. The molecule has 0 aliphatic carbocycles. The molecule has 5 nitrogen and oxygen atoms in total. The molecule has 3 aromatic rings. The summed E-state index contributed by atoms with van der Waals surface area (Å²) in [6.07, 6.45) is 0. The van der Waals surface area contributed by atoms with Crippen molar-refractivity contribution in [3.8, 4) is 22.3 Å². The van der Waals surface area contributed by atoms with Crippen molar-refractivity contribution in [2.45, 2.75) is 6.92 Å². The first-order chi connectivity index (χ1) is 10.7. The van der Waals surface area contributed by atoms with Crippen molar-refractivity contribution in [3.05, 3.63) is 54.6 Å². The predicted molar refractivity (Wildman–Crippen MR) is 86.2 cm³/mol. The van der Waals surface area contributed by atoms with Gasteiger partial charge < -0.3 is 10.1 Å². The van der Waals surface area contributed by atoms with E-state index in [1.165, 1.54) is 18.5 Å². The van der Waals surface area contributed by atoms with Crippen molar-refractivity contribution >= 4 is 23.1 Å². The molecule has 0 atom stereocenters. The summed E-state index contributed by atoms with van der Waals surface area (Å²) in [6, 6.07) is 16.8. The smallest absolute Gasteiger partial charge is 0.299 e. The van der Waals surface area contributed by atoms with Crippen LogP contribution in [0.2, 0.25) is 0 Å². The molecule has 0 aliphatic rings. The van der Waals surface area contributed by atoms with Gasteiger partial charge in [0.2, 0.25) is 5.91 Å². The molecule has 0 spiro atoms. The molecule has 1 aromatic heterocycles. The minimum absolute atomic E-state index is 0.106. The van der Waals surface area contributed by atoms with Crippen LogP contribution >= 0.6 is 11.5 Å². The Bertz CT molecular complexity index is 770. The van der Waals surface area contributed by atoms with Gasteiger partial charge in [-0.3, -0.25) is 4.79 Å². The van der Waals surface area contributed by atoms with Gasteiger partial charge in [-0.25, -0.2) is 0 Å². The number of hydrogen-bond donors (Lipinski definition) is 1. The average molecular weight is 311 g/mol. The molecule has 110 valence electrons. The second kappa shape index (κ2) is 6.36. The zero-order valence-corrected chi connectivity index (χ0v) is 12.6. The fourth-order valence-corrected chi connectivity index (χ4v) is 2.44. The van der Waals surface area contributed by atoms with Crippen LogP contribution < -0.4 is 10.1 Å². The Kier molecular flexibility index (Phi) is 4.11. The lowest BCUT2D eigenvalue weighted by molar-refractivity contribution is -0.114. The zero-order chi connectivity index (χ0) is 15.4. The summed E-state index contributed by atoms with van der Waals surface area (Å²) in [6.45, 7) is 1.47. The largest absolute Gasteiger partial charge is 0.430 e. The van der Waals surface area contributed by atoms with Gasteiger partial charge in [0.05, 0.1) is 0 Å². The van der Waals surface area contributed by atoms with Crippen LogP contribution in [-0.2, 0) is 4.79 Å². The summed E-state index contributed by atoms with van der Waals surface area (Å²) < 4.78 is 9.96. The molecule has 0 saturated carbocycles. The highest BCUT2D eigenvalue weighted by Gasteiger charge is 2.08. The van der Waals surface area contributed by atoms with Gasteiger partial charge in [0.1, 0.15) is 5.75 Å². The third-order valence-corrected chi connectivity index (χ3v) is 3.41. The molecule has 0 fully saturated rings. The van der Waals surface area contributed by atoms with Crippen molar-refractivity contribution in [2.24, 2.45) is 0 Å². The molecular formula is C16H13N3O2S. The van der Waals surface area contributed by atoms with E-state index in [1.807, 2.05) is 30.3 Å². The number of nitrogens with zero attached hydrogens (tertiary/aromatic N) is 2. The second-order valence-electron chi connectivity index (χ2n) is 4.56. The molecule has 22 heavy (non-hydrogen) atoms. The van der Waals surface area contributed by atoms with Gasteiger partial charge >= 0.3 is 0 Å². The lowest BCUT2D eigenvalue weighted by atomic mass is 10.2. The predicted octanol–water partition coefficient (Wildman–Crippen LogP) is 3.96. The number of amides is 1. The van der Waals surface area contributed by atoms with E-state index >= 15 is 0 Å². The number of rotatable bonds is 4. The fourth-order valence-electron chi connectivity index (χ4n) is 1.87. The normalized spacial score (nSPS) is 10.2. The Hall–Kier alpha value is -2.73. The molecule has 0 aliphatic heterocycles. The molecule has 3 rings (SSSR count). The first-order valence-electron chi connectivity index (χ1n) is 6.65. The van der Waals surface area contributed by atoms with E-state index in [-0.39, 0.29) is 5.91 Å². The minimum atomic E-state index is -0.106. The molecule has 0 radical (unpaired) electrons. The number of aromatic nitrogens is 2. The Labute approximate surface area is 131 Å². The van der Waals surface area contributed by atoms with Crippen LogP contribution in [0.3, 0.4) is 0 Å². The van der Waals surface area contributed by atoms with Crippen molar-refractivity contribution < 1.29 is 9.53 Å². The number of carbonyl (C=O) groups excluding carboxylic acids is 1. The van der Waals surface area contributed by atoms with Crippen molar-refractivity contribution in [3.63, 3.8) is 0 Å². The van der Waals surface area contributed by atoms with Crippen LogP contribution in [0.15, 0.2) is 54.6 Å². The number of hydrogen-bond acceptors (Lipinski definition) is 5. The molecule has 6 heteroatoms. The fraction of sp³-hybridized carbons (Fsp3) is 0.0625. The summed E-state index contributed by atoms with van der Waals surface area (Å²) >= 11 is 1.20. The Morgan fingerprint density at radius 1 is 1.09 bits per heavy atom. The molecule has 0 bridgehead atoms. The number of ether oxygens (including phenoxy) is 1. The van der Waals surface area contributed by atoms with Crippen LogP contribution in [0.25, 0.3) is 11.4 Å². The quantitative estimate of drug-likeness (QED) is 0.792. The third-order valence-electron chi connectivity index (χ3n) is 2.82. The summed E-state index contributed by atoms with van der Waals surface area (Å²) in [4.78, 5) is 15.3. The Morgan fingerprint density at radius 3 is 2.50 bits per heavy atom. The molecular weight excluding hydrogens is 298 g/mol. The summed E-state index contributed by atoms with van der Waals surface area (Å²) in [5.74, 6) is 1.19. The molecule has 2 aromatic carbocycles. The topological polar surface area (TPSA) is 64.1 Å². The molecule has 1 amide bonds. The first kappa shape index (κ1) is 14.2. The number of anilines is 1. The van der Waals surface area contributed by atoms with Gasteiger partial charge in [0.15, 0.2) is 5.82 Å². The van der Waals surface area contributed by atoms with E-state index < -0.39 is 0 Å². The van der Waals surface area contributed by atoms with E-state index in [0.717, 1.165) is 11.3 Å². The van der Waals surface area contributed by atoms with E-state index in [2.05, 4.69) is 14.7 Å². The van der Waals surface area contributed by atoms with Crippen LogP contribution in [0.4, 0.5) is 5.69 Å². The lowest BCUT2D eigenvalue weighted by Crippen LogP contribution is -2.05. The van der Waals surface area contributed by atoms with Crippen LogP contribution in [0.1, 0.15) is 6.92 Å². The summed E-state index contributed by atoms with van der Waals surface area (Å²) in [5, 5.41) is 3.18. The Morgan fingerprint density at radius 2 is 1.82 bits per heavy atom. The van der Waals surface area contributed by atoms with Gasteiger partial charge in [-0.1, -0.05) is 30.3 Å². The lowest BCUT2D eigenvalue weighted by Gasteiger charge is -2.04. The third kappa shape index (κ3) is 3.48. The standard InChI is InChI=1S/C16H13N3O2S/c1-11(20)17-13-7-9-14(10-8-13)21-16-18-15(19-22-16)12-5-3-2-4-6-12/h2-10H,1H3,(H,17,20). The van der Waals surface area contributed by atoms with Crippen molar-refractivity contribution in [2.75, 3.05) is 5.32 Å². The van der Waals surface area contributed by atoms with Crippen molar-refractivity contribution in [1.29, 1.82) is 0 Å². The number of benzene rings is 2. The molecule has 0 unspecified atom stereocenters. The average Bonchev–Trinajstić information content (AvgIpc) is 2.98. The summed E-state index contributed by atoms with van der Waals surface area (Å²) in [7, 11) is 0. The van der Waals surface area contributed by atoms with Gasteiger partial charge in [-0.05, 0) is 24.3 Å². The van der Waals surface area contributed by atoms with E-state index in [4.69, 9.17) is 4.74 Å². The van der Waals surface area contributed by atoms with Gasteiger partial charge in [-0.2, -0.15) is 9.36 Å². The number of nitrogens with one attached hydrogen (secondary N) is 1. The molecule has 0 saturated heterocycles. The van der Waals surface area contributed by atoms with Crippen LogP contribution in [0.5, 0.6) is 10.9 Å². The second-order valence-corrected chi connectivity index (χ2v) is 5.27. The minimum Gasteiger partial charge on any atom is -0.430 e. The van der Waals surface area contributed by atoms with E-state index in [1.54, 1.807) is 24.3 Å². The van der Waals surface area contributed by atoms with Crippen molar-refractivity contribution in [1.82, 2.24) is 9.36 Å². The van der Waals surface area contributed by atoms with Gasteiger partial charge in [-0.15, -0.1) is 0 Å². The highest BCUT2D eigenvalue weighted by atomic mass is 32.1. The van der Waals surface area contributed by atoms with Crippen LogP contribution in [-0.4, -0.2) is 15.3 Å². The maximum Gasteiger partial charge on any atom is 0.299 e. The van der Waals surface area contributed by atoms with Crippen LogP contribution in [0, 0.1) is 0 Å². The van der Waals surface area contributed by atoms with E-state index in [0.29, 0.717) is 16.8 Å². The Balaban J connectivity index is 1.71. The van der Waals surface area contributed by atoms with Gasteiger partial charge in [0, 0.05) is 29.7 Å². The molecule has 1 N–H and O–H groups in total. The SMILES string of the molecule is CC(=O)Nc1ccc(Oc2nc(-c3ccccc3)ns2)cc1. The maximum atomic E-state index is 11.0. The van der Waals surface area contributed by atoms with E-state index in [9.17, 15) is 4.79 Å².